The van der Waals surface area contributed by atoms with Crippen molar-refractivity contribution < 1.29 is 28.8 Å². The number of hydrogen-bond donors (Lipinski definition) is 1. The van der Waals surface area contributed by atoms with Gasteiger partial charge in [-0.2, -0.15) is 0 Å². The maximum atomic E-state index is 10.7. The molecule has 0 saturated carbocycles. The summed E-state index contributed by atoms with van der Waals surface area (Å²) in [6.45, 7) is 3.08. The summed E-state index contributed by atoms with van der Waals surface area (Å²) in [5, 5.41) is 10.7. The Labute approximate surface area is 248 Å². The highest BCUT2D eigenvalue weighted by atomic mass is 16.6. The molecule has 6 nitrogen and oxygen atoms in total. The summed E-state index contributed by atoms with van der Waals surface area (Å²) in [6, 6.07) is 39.8. The summed E-state index contributed by atoms with van der Waals surface area (Å²) in [6.07, 6.45) is -1.21. The maximum Gasteiger partial charge on any atom is 0.171 e. The third-order valence-corrected chi connectivity index (χ3v) is 7.14. The third kappa shape index (κ3) is 7.87. The van der Waals surface area contributed by atoms with Crippen LogP contribution in [0.15, 0.2) is 133 Å². The predicted molar refractivity (Wildman–Crippen MR) is 161 cm³/mol. The van der Waals surface area contributed by atoms with Crippen molar-refractivity contribution >= 4 is 0 Å². The fourth-order valence-corrected chi connectivity index (χ4v) is 4.89. The summed E-state index contributed by atoms with van der Waals surface area (Å²) in [7, 11) is 0. The molecule has 5 rings (SSSR count). The summed E-state index contributed by atoms with van der Waals surface area (Å²) in [4.78, 5) is 0. The van der Waals surface area contributed by atoms with Gasteiger partial charge in [-0.05, 0) is 29.2 Å². The largest absolute Gasteiger partial charge is 0.487 e. The number of aliphatic hydroxyl groups is 1. The quantitative estimate of drug-likeness (QED) is 0.186. The van der Waals surface area contributed by atoms with Gasteiger partial charge in [0.15, 0.2) is 11.5 Å². The Bertz CT molecular complexity index is 1380. The van der Waals surface area contributed by atoms with Crippen LogP contribution in [0.4, 0.5) is 0 Å². The van der Waals surface area contributed by atoms with Crippen molar-refractivity contribution in [3.05, 3.63) is 155 Å². The second-order valence-corrected chi connectivity index (χ2v) is 10.5. The fourth-order valence-electron chi connectivity index (χ4n) is 4.89. The van der Waals surface area contributed by atoms with Crippen LogP contribution in [0.25, 0.3) is 0 Å². The van der Waals surface area contributed by atoms with Crippen LogP contribution in [0.5, 0.6) is 0 Å². The minimum absolute atomic E-state index is 0.230. The van der Waals surface area contributed by atoms with E-state index in [2.05, 4.69) is 0 Å². The highest BCUT2D eigenvalue weighted by Gasteiger charge is 2.48. The maximum absolute atomic E-state index is 10.7. The lowest BCUT2D eigenvalue weighted by Crippen LogP contribution is -2.53. The zero-order chi connectivity index (χ0) is 29.0. The molecule has 0 amide bonds. The average molecular weight is 567 g/mol. The SMILES string of the molecule is CC1(CO)OC(COCc2ccccc2)[C@@H](OCc2ccccc2)C(OCc2ccccc2)=C1OCc1ccccc1. The van der Waals surface area contributed by atoms with Crippen molar-refractivity contribution in [3.63, 3.8) is 0 Å². The van der Waals surface area contributed by atoms with Gasteiger partial charge in [0.2, 0.25) is 0 Å². The van der Waals surface area contributed by atoms with E-state index in [-0.39, 0.29) is 19.8 Å². The smallest absolute Gasteiger partial charge is 0.171 e. The summed E-state index contributed by atoms with van der Waals surface area (Å²) >= 11 is 0. The van der Waals surface area contributed by atoms with Crippen LogP contribution >= 0.6 is 0 Å². The van der Waals surface area contributed by atoms with Crippen LogP contribution in [0.3, 0.4) is 0 Å². The molecular formula is C36H38O6. The Kier molecular flexibility index (Phi) is 10.4. The molecule has 218 valence electrons. The predicted octanol–water partition coefficient (Wildman–Crippen LogP) is 6.58. The zero-order valence-corrected chi connectivity index (χ0v) is 23.9. The monoisotopic (exact) mass is 566 g/mol. The fraction of sp³-hybridized carbons (Fsp3) is 0.278. The summed E-state index contributed by atoms with van der Waals surface area (Å²) < 4.78 is 32.3. The molecule has 42 heavy (non-hydrogen) atoms. The first-order valence-electron chi connectivity index (χ1n) is 14.3. The topological polar surface area (TPSA) is 66.4 Å². The van der Waals surface area contributed by atoms with E-state index in [4.69, 9.17) is 23.7 Å². The molecule has 1 aliphatic rings. The minimum atomic E-state index is -1.17. The van der Waals surface area contributed by atoms with Crippen LogP contribution in [-0.4, -0.2) is 36.1 Å². The Morgan fingerprint density at radius 1 is 0.619 bits per heavy atom. The number of ether oxygens (including phenoxy) is 5. The first-order chi connectivity index (χ1) is 20.6. The van der Waals surface area contributed by atoms with Crippen molar-refractivity contribution in [2.45, 2.75) is 51.2 Å². The van der Waals surface area contributed by atoms with E-state index in [0.29, 0.717) is 31.3 Å². The molecule has 1 aliphatic heterocycles. The van der Waals surface area contributed by atoms with Gasteiger partial charge in [-0.15, -0.1) is 0 Å². The summed E-state index contributed by atoms with van der Waals surface area (Å²) in [5.74, 6) is 0.920. The van der Waals surface area contributed by atoms with E-state index in [1.807, 2.05) is 128 Å². The van der Waals surface area contributed by atoms with Gasteiger partial charge in [-0.25, -0.2) is 0 Å². The molecule has 1 heterocycles. The molecule has 0 radical (unpaired) electrons. The lowest BCUT2D eigenvalue weighted by atomic mass is 9.95. The molecule has 2 unspecified atom stereocenters. The Balaban J connectivity index is 1.47. The molecule has 0 aliphatic carbocycles. The first kappa shape index (κ1) is 29.5. The Morgan fingerprint density at radius 2 is 1.07 bits per heavy atom. The van der Waals surface area contributed by atoms with Gasteiger partial charge in [-0.3, -0.25) is 0 Å². The normalized spacial score (nSPS) is 20.3. The van der Waals surface area contributed by atoms with E-state index in [0.717, 1.165) is 22.3 Å². The number of hydrogen-bond acceptors (Lipinski definition) is 6. The second kappa shape index (κ2) is 14.8. The minimum Gasteiger partial charge on any atom is -0.487 e. The third-order valence-electron chi connectivity index (χ3n) is 7.14. The van der Waals surface area contributed by atoms with Crippen molar-refractivity contribution in [3.8, 4) is 0 Å². The molecule has 0 aromatic heterocycles. The van der Waals surface area contributed by atoms with Crippen molar-refractivity contribution in [2.75, 3.05) is 13.2 Å². The van der Waals surface area contributed by atoms with E-state index < -0.39 is 17.8 Å². The van der Waals surface area contributed by atoms with Gasteiger partial charge in [-0.1, -0.05) is 121 Å². The van der Waals surface area contributed by atoms with Crippen LogP contribution < -0.4 is 0 Å². The first-order valence-corrected chi connectivity index (χ1v) is 14.3. The van der Waals surface area contributed by atoms with E-state index >= 15 is 0 Å². The number of aliphatic hydroxyl groups excluding tert-OH is 1. The second-order valence-electron chi connectivity index (χ2n) is 10.5. The van der Waals surface area contributed by atoms with Gasteiger partial charge in [0.25, 0.3) is 0 Å². The van der Waals surface area contributed by atoms with Crippen LogP contribution in [0.2, 0.25) is 0 Å². The van der Waals surface area contributed by atoms with E-state index in [1.54, 1.807) is 0 Å². The lowest BCUT2D eigenvalue weighted by Gasteiger charge is -2.43. The van der Waals surface area contributed by atoms with Gasteiger partial charge in [0.05, 0.1) is 26.4 Å². The molecule has 3 atom stereocenters. The Hall–Kier alpha value is -3.94. The summed E-state index contributed by atoms with van der Waals surface area (Å²) in [5.41, 5.74) is 2.90. The van der Waals surface area contributed by atoms with Crippen LogP contribution in [0.1, 0.15) is 29.2 Å². The van der Waals surface area contributed by atoms with Crippen molar-refractivity contribution in [1.82, 2.24) is 0 Å². The molecule has 0 spiro atoms. The average Bonchev–Trinajstić information content (AvgIpc) is 3.05. The number of benzene rings is 4. The van der Waals surface area contributed by atoms with Crippen LogP contribution in [0, 0.1) is 0 Å². The number of rotatable bonds is 14. The van der Waals surface area contributed by atoms with Crippen molar-refractivity contribution in [1.29, 1.82) is 0 Å². The zero-order valence-electron chi connectivity index (χ0n) is 23.9. The van der Waals surface area contributed by atoms with Gasteiger partial charge >= 0.3 is 0 Å². The lowest BCUT2D eigenvalue weighted by molar-refractivity contribution is -0.202. The molecule has 0 saturated heterocycles. The van der Waals surface area contributed by atoms with Crippen molar-refractivity contribution in [2.24, 2.45) is 0 Å². The molecular weight excluding hydrogens is 528 g/mol. The van der Waals surface area contributed by atoms with Gasteiger partial charge in [0, 0.05) is 0 Å². The molecule has 0 bridgehead atoms. The van der Waals surface area contributed by atoms with E-state index in [1.165, 1.54) is 0 Å². The molecule has 0 fully saturated rings. The Morgan fingerprint density at radius 3 is 1.57 bits per heavy atom. The van der Waals surface area contributed by atoms with E-state index in [9.17, 15) is 5.11 Å². The van der Waals surface area contributed by atoms with Crippen LogP contribution in [-0.2, 0) is 50.1 Å². The highest BCUT2D eigenvalue weighted by molar-refractivity contribution is 5.25. The molecule has 1 N–H and O–H groups in total. The molecule has 6 heteroatoms. The van der Waals surface area contributed by atoms with Gasteiger partial charge in [0.1, 0.15) is 31.0 Å². The molecule has 4 aromatic rings. The molecule has 4 aromatic carbocycles. The van der Waals surface area contributed by atoms with Gasteiger partial charge < -0.3 is 28.8 Å². The standard InChI is InChI=1S/C36H38O6/c1-36(27-37)35(41-25-31-20-12-5-13-21-31)34(40-24-30-18-10-4-11-19-30)33(39-23-29-16-8-3-9-17-29)32(42-36)26-38-22-28-14-6-2-7-15-28/h2-21,32-33,37H,22-27H2,1H3/t32?,33-,36?/m1/s1. The highest BCUT2D eigenvalue weighted by Crippen LogP contribution is 2.38.